The van der Waals surface area contributed by atoms with Crippen molar-refractivity contribution in [2.75, 3.05) is 0 Å². The van der Waals surface area contributed by atoms with E-state index in [4.69, 9.17) is 9.79 Å². The molecule has 0 unspecified atom stereocenters. The molecule has 10 heavy (non-hydrogen) atoms. The summed E-state index contributed by atoms with van der Waals surface area (Å²) in [5.41, 5.74) is 4.23. The number of carbonyl (C=O) groups is 1. The van der Waals surface area contributed by atoms with Crippen molar-refractivity contribution in [2.45, 2.75) is 0 Å². The van der Waals surface area contributed by atoms with E-state index >= 15 is 0 Å². The smallest absolute Gasteiger partial charge is 1.00 e. The first-order valence-electron chi connectivity index (χ1n) is 1.46. The molecule has 0 saturated heterocycles. The fourth-order valence-corrected chi connectivity index (χ4v) is 0.352. The summed E-state index contributed by atoms with van der Waals surface area (Å²) in [4.78, 5) is 25.1. The van der Waals surface area contributed by atoms with Gasteiger partial charge in [-0.2, -0.15) is 0 Å². The van der Waals surface area contributed by atoms with E-state index in [1.807, 2.05) is 0 Å². The van der Waals surface area contributed by atoms with Crippen LogP contribution < -0.4 is 43.5 Å². The Balaban J connectivity index is -0.0000000408. The van der Waals surface area contributed by atoms with Crippen molar-refractivity contribution in [3.63, 3.8) is 0 Å². The summed E-state index contributed by atoms with van der Waals surface area (Å²) >= 11 is 0. The summed E-state index contributed by atoms with van der Waals surface area (Å²) in [5.74, 6) is 0. The molecule has 9 heteroatoms. The average molecular weight is 157 g/mol. The molecular formula is CH6Li2NO5P. The van der Waals surface area contributed by atoms with Gasteiger partial charge in [0.05, 0.1) is 0 Å². The molecule has 1 amide bonds. The molecular weight excluding hydrogens is 151 g/mol. The second kappa shape index (κ2) is 6.33. The van der Waals surface area contributed by atoms with Gasteiger partial charge >= 0.3 is 51.6 Å². The van der Waals surface area contributed by atoms with Crippen LogP contribution >= 0.6 is 7.82 Å². The van der Waals surface area contributed by atoms with E-state index < -0.39 is 13.9 Å². The summed E-state index contributed by atoms with van der Waals surface area (Å²) < 4.78 is 12.9. The quantitative estimate of drug-likeness (QED) is 0.259. The number of hydrogen-bond donors (Lipinski definition) is 3. The Kier molecular flexibility index (Phi) is 10.7. The van der Waals surface area contributed by atoms with Gasteiger partial charge in [-0.15, -0.1) is 0 Å². The third-order valence-corrected chi connectivity index (χ3v) is 0.627. The standard InChI is InChI=1S/CH4NO5P.2Li.2H/c2-1(3)7-8(4,5)6;;;;/h(H2,2,3)(H2,4,5,6);;;;/q;2*+1;2*-1. The Hall–Kier alpha value is 0.615. The molecule has 0 aliphatic heterocycles. The van der Waals surface area contributed by atoms with Gasteiger partial charge in [0.25, 0.3) is 0 Å². The van der Waals surface area contributed by atoms with Crippen LogP contribution in [-0.4, -0.2) is 15.9 Å². The van der Waals surface area contributed by atoms with Crippen molar-refractivity contribution >= 4 is 13.9 Å². The van der Waals surface area contributed by atoms with Gasteiger partial charge in [0.15, 0.2) is 0 Å². The van der Waals surface area contributed by atoms with Crippen molar-refractivity contribution in [2.24, 2.45) is 5.73 Å². The maximum Gasteiger partial charge on any atom is 1.00 e. The summed E-state index contributed by atoms with van der Waals surface area (Å²) in [5, 5.41) is 0. The molecule has 0 aromatic rings. The largest absolute Gasteiger partial charge is 1.00 e. The molecule has 4 N–H and O–H groups in total. The van der Waals surface area contributed by atoms with E-state index in [0.29, 0.717) is 0 Å². The van der Waals surface area contributed by atoms with E-state index in [0.717, 1.165) is 0 Å². The van der Waals surface area contributed by atoms with Crippen LogP contribution in [0.25, 0.3) is 0 Å². The van der Waals surface area contributed by atoms with E-state index in [2.05, 4.69) is 10.3 Å². The molecule has 0 heterocycles. The zero-order valence-electron chi connectivity index (χ0n) is 7.64. The first-order valence-corrected chi connectivity index (χ1v) is 2.99. The SMILES string of the molecule is NC(=O)OP(=O)(O)O.[H-].[H-].[Li+].[Li+]. The molecule has 0 rings (SSSR count). The van der Waals surface area contributed by atoms with Crippen LogP contribution in [0, 0.1) is 0 Å². The monoisotopic (exact) mass is 157 g/mol. The maximum atomic E-state index is 9.61. The number of nitrogens with two attached hydrogens (primary N) is 1. The molecule has 0 radical (unpaired) electrons. The molecule has 0 aromatic carbocycles. The van der Waals surface area contributed by atoms with Crippen LogP contribution in [-0.2, 0) is 9.09 Å². The van der Waals surface area contributed by atoms with Crippen molar-refractivity contribution in [3.8, 4) is 0 Å². The molecule has 0 aliphatic carbocycles. The number of phosphoric acid groups is 1. The third-order valence-electron chi connectivity index (χ3n) is 0.209. The number of rotatable bonds is 1. The van der Waals surface area contributed by atoms with Gasteiger partial charge in [0.2, 0.25) is 0 Å². The molecule has 6 nitrogen and oxygen atoms in total. The minimum Gasteiger partial charge on any atom is -1.00 e. The van der Waals surface area contributed by atoms with Crippen molar-refractivity contribution in [3.05, 3.63) is 0 Å². The average Bonchev–Trinajstić information content (AvgIpc) is 1.21. The van der Waals surface area contributed by atoms with Crippen LogP contribution in [0.15, 0.2) is 0 Å². The first kappa shape index (κ1) is 16.9. The second-order valence-electron chi connectivity index (χ2n) is 0.901. The van der Waals surface area contributed by atoms with Crippen LogP contribution in [0.3, 0.4) is 0 Å². The number of carbonyl (C=O) groups excluding carboxylic acids is 1. The Labute approximate surface area is 84.1 Å². The number of primary amides is 1. The van der Waals surface area contributed by atoms with Gasteiger partial charge in [-0.25, -0.2) is 9.36 Å². The van der Waals surface area contributed by atoms with Gasteiger partial charge in [-0.3, -0.25) is 9.79 Å². The summed E-state index contributed by atoms with van der Waals surface area (Å²) in [6.45, 7) is 0. The Morgan fingerprint density at radius 2 is 1.80 bits per heavy atom. The molecule has 0 fully saturated rings. The number of hydrogen-bond acceptors (Lipinski definition) is 3. The molecule has 52 valence electrons. The molecule has 0 saturated carbocycles. The van der Waals surface area contributed by atoms with E-state index in [1.165, 1.54) is 0 Å². The van der Waals surface area contributed by atoms with Crippen molar-refractivity contribution in [1.29, 1.82) is 0 Å². The summed E-state index contributed by atoms with van der Waals surface area (Å²) in [7, 11) is -4.70. The predicted octanol–water partition coefficient (Wildman–Crippen LogP) is -6.59. The second-order valence-corrected chi connectivity index (χ2v) is 2.06. The molecule has 0 aliphatic rings. The van der Waals surface area contributed by atoms with Gasteiger partial charge in [0, 0.05) is 0 Å². The topological polar surface area (TPSA) is 110 Å². The van der Waals surface area contributed by atoms with E-state index in [-0.39, 0.29) is 40.6 Å². The molecule has 0 aromatic heterocycles. The number of amides is 1. The molecule has 0 atom stereocenters. The first-order chi connectivity index (χ1) is 3.42. The molecule has 0 spiro atoms. The zero-order valence-corrected chi connectivity index (χ0v) is 6.54. The fourth-order valence-electron chi connectivity index (χ4n) is 0.117. The minimum absolute atomic E-state index is 0. The van der Waals surface area contributed by atoms with Crippen LogP contribution in [0.2, 0.25) is 0 Å². The van der Waals surface area contributed by atoms with E-state index in [1.54, 1.807) is 0 Å². The Bertz CT molecular complexity index is 150. The zero-order chi connectivity index (χ0) is 6.78. The predicted molar refractivity (Wildman–Crippen MR) is 24.9 cm³/mol. The molecule has 0 bridgehead atoms. The maximum absolute atomic E-state index is 9.61. The van der Waals surface area contributed by atoms with Crippen LogP contribution in [0.4, 0.5) is 4.79 Å². The van der Waals surface area contributed by atoms with Gasteiger partial charge in [-0.05, 0) is 0 Å². The fraction of sp³-hybridized carbons (Fsp3) is 0. The van der Waals surface area contributed by atoms with Crippen molar-refractivity contribution < 1.29 is 64.2 Å². The summed E-state index contributed by atoms with van der Waals surface area (Å²) in [6.07, 6.45) is -1.49. The Morgan fingerprint density at radius 3 is 1.80 bits per heavy atom. The minimum atomic E-state index is -4.70. The van der Waals surface area contributed by atoms with Crippen LogP contribution in [0.5, 0.6) is 0 Å². The Morgan fingerprint density at radius 1 is 1.50 bits per heavy atom. The number of phosphoric ester groups is 1. The van der Waals surface area contributed by atoms with Gasteiger partial charge in [0.1, 0.15) is 0 Å². The third kappa shape index (κ3) is 15.8. The van der Waals surface area contributed by atoms with Crippen LogP contribution in [0.1, 0.15) is 2.85 Å². The van der Waals surface area contributed by atoms with Gasteiger partial charge < -0.3 is 13.1 Å². The van der Waals surface area contributed by atoms with E-state index in [9.17, 15) is 9.36 Å². The normalized spacial score (nSPS) is 8.60. The van der Waals surface area contributed by atoms with Crippen molar-refractivity contribution in [1.82, 2.24) is 0 Å². The van der Waals surface area contributed by atoms with Gasteiger partial charge in [-0.1, -0.05) is 0 Å². The summed E-state index contributed by atoms with van der Waals surface area (Å²) in [6, 6.07) is 0.